The number of piperidine rings is 1. The molecule has 0 bridgehead atoms. The maximum atomic E-state index is 12.6. The van der Waals surface area contributed by atoms with Gasteiger partial charge in [0.05, 0.1) is 12.2 Å². The molecule has 1 saturated carbocycles. The zero-order valence-electron chi connectivity index (χ0n) is 13.5. The molecule has 1 atom stereocenters. The van der Waals surface area contributed by atoms with Gasteiger partial charge in [-0.15, -0.1) is 5.10 Å². The highest BCUT2D eigenvalue weighted by Gasteiger charge is 2.32. The number of nitrogens with zero attached hydrogens (tertiary/aromatic N) is 3. The van der Waals surface area contributed by atoms with Crippen LogP contribution in [0.2, 0.25) is 0 Å². The SMILES string of the molecule is Cc1ccc(OC2CCCN(C(=O)C3CCC(=O)CC3)C2)nn1. The molecule has 2 aliphatic rings. The number of hydrogen-bond acceptors (Lipinski definition) is 5. The quantitative estimate of drug-likeness (QED) is 0.851. The predicted octanol–water partition coefficient (Wildman–Crippen LogP) is 1.91. The van der Waals surface area contributed by atoms with Crippen LogP contribution in [0.25, 0.3) is 0 Å². The fourth-order valence-electron chi connectivity index (χ4n) is 3.30. The van der Waals surface area contributed by atoms with E-state index in [1.54, 1.807) is 0 Å². The molecule has 0 aromatic carbocycles. The molecule has 124 valence electrons. The van der Waals surface area contributed by atoms with E-state index in [-0.39, 0.29) is 23.7 Å². The molecule has 1 saturated heterocycles. The van der Waals surface area contributed by atoms with Crippen molar-refractivity contribution in [3.63, 3.8) is 0 Å². The highest BCUT2D eigenvalue weighted by Crippen LogP contribution is 2.25. The summed E-state index contributed by atoms with van der Waals surface area (Å²) in [4.78, 5) is 25.9. The molecule has 1 unspecified atom stereocenters. The van der Waals surface area contributed by atoms with E-state index in [4.69, 9.17) is 4.74 Å². The van der Waals surface area contributed by atoms with Gasteiger partial charge in [0, 0.05) is 31.4 Å². The van der Waals surface area contributed by atoms with Crippen LogP contribution >= 0.6 is 0 Å². The van der Waals surface area contributed by atoms with Crippen molar-refractivity contribution in [1.29, 1.82) is 0 Å². The van der Waals surface area contributed by atoms with Gasteiger partial charge in [-0.25, -0.2) is 0 Å². The average Bonchev–Trinajstić information content (AvgIpc) is 2.57. The second-order valence-electron chi connectivity index (χ2n) is 6.49. The summed E-state index contributed by atoms with van der Waals surface area (Å²) in [5.74, 6) is 0.983. The lowest BCUT2D eigenvalue weighted by Crippen LogP contribution is -2.47. The molecule has 2 heterocycles. The van der Waals surface area contributed by atoms with Gasteiger partial charge in [0.25, 0.3) is 0 Å². The van der Waals surface area contributed by atoms with Crippen molar-refractivity contribution in [2.75, 3.05) is 13.1 Å². The van der Waals surface area contributed by atoms with Gasteiger partial charge in [0.1, 0.15) is 11.9 Å². The number of amides is 1. The first-order valence-corrected chi connectivity index (χ1v) is 8.39. The summed E-state index contributed by atoms with van der Waals surface area (Å²) in [7, 11) is 0. The molecule has 6 nitrogen and oxygen atoms in total. The Labute approximate surface area is 136 Å². The van der Waals surface area contributed by atoms with Crippen molar-refractivity contribution in [2.45, 2.75) is 51.6 Å². The lowest BCUT2D eigenvalue weighted by atomic mass is 9.87. The summed E-state index contributed by atoms with van der Waals surface area (Å²) in [6.45, 7) is 3.26. The normalized spacial score (nSPS) is 22.9. The van der Waals surface area contributed by atoms with Crippen molar-refractivity contribution < 1.29 is 14.3 Å². The summed E-state index contributed by atoms with van der Waals surface area (Å²) in [6.07, 6.45) is 4.30. The van der Waals surface area contributed by atoms with Crippen LogP contribution in [0, 0.1) is 12.8 Å². The van der Waals surface area contributed by atoms with Gasteiger partial charge in [-0.05, 0) is 38.7 Å². The Morgan fingerprint density at radius 3 is 2.70 bits per heavy atom. The van der Waals surface area contributed by atoms with Gasteiger partial charge in [-0.1, -0.05) is 0 Å². The second-order valence-corrected chi connectivity index (χ2v) is 6.49. The third-order valence-corrected chi connectivity index (χ3v) is 4.64. The number of rotatable bonds is 3. The van der Waals surface area contributed by atoms with Gasteiger partial charge in [0.15, 0.2) is 0 Å². The molecule has 0 spiro atoms. The van der Waals surface area contributed by atoms with Crippen LogP contribution in [0.15, 0.2) is 12.1 Å². The Morgan fingerprint density at radius 2 is 2.00 bits per heavy atom. The first-order valence-electron chi connectivity index (χ1n) is 8.39. The van der Waals surface area contributed by atoms with E-state index in [1.807, 2.05) is 24.0 Å². The van der Waals surface area contributed by atoms with Crippen LogP contribution < -0.4 is 4.74 Å². The summed E-state index contributed by atoms with van der Waals surface area (Å²) in [5, 5.41) is 8.02. The maximum absolute atomic E-state index is 12.6. The van der Waals surface area contributed by atoms with Crippen LogP contribution in [0.5, 0.6) is 5.88 Å². The molecular formula is C17H23N3O3. The minimum Gasteiger partial charge on any atom is -0.471 e. The summed E-state index contributed by atoms with van der Waals surface area (Å²) >= 11 is 0. The molecule has 1 amide bonds. The molecule has 0 radical (unpaired) electrons. The van der Waals surface area contributed by atoms with E-state index in [1.165, 1.54) is 0 Å². The van der Waals surface area contributed by atoms with Crippen molar-refractivity contribution in [3.8, 4) is 5.88 Å². The second kappa shape index (κ2) is 7.06. The van der Waals surface area contributed by atoms with E-state index in [9.17, 15) is 9.59 Å². The number of ether oxygens (including phenoxy) is 1. The smallest absolute Gasteiger partial charge is 0.233 e. The van der Waals surface area contributed by atoms with Crippen LogP contribution in [-0.2, 0) is 9.59 Å². The third-order valence-electron chi connectivity index (χ3n) is 4.64. The molecule has 2 fully saturated rings. The van der Waals surface area contributed by atoms with Gasteiger partial charge >= 0.3 is 0 Å². The van der Waals surface area contributed by atoms with Crippen molar-refractivity contribution >= 4 is 11.7 Å². The Balaban J connectivity index is 1.56. The van der Waals surface area contributed by atoms with E-state index in [0.717, 1.165) is 25.1 Å². The Bertz CT molecular complexity index is 563. The number of likely N-dealkylation sites (tertiary alicyclic amines) is 1. The van der Waals surface area contributed by atoms with Crippen LogP contribution in [0.4, 0.5) is 0 Å². The summed E-state index contributed by atoms with van der Waals surface area (Å²) < 4.78 is 5.87. The number of carbonyl (C=O) groups excluding carboxylic acids is 2. The zero-order valence-corrected chi connectivity index (χ0v) is 13.5. The largest absolute Gasteiger partial charge is 0.471 e. The fourth-order valence-corrected chi connectivity index (χ4v) is 3.30. The van der Waals surface area contributed by atoms with Gasteiger partial charge < -0.3 is 9.64 Å². The molecule has 0 N–H and O–H groups in total. The van der Waals surface area contributed by atoms with E-state index in [0.29, 0.717) is 38.1 Å². The first kappa shape index (κ1) is 15.9. The minimum atomic E-state index is -0.0325. The number of ketones is 1. The van der Waals surface area contributed by atoms with Crippen LogP contribution in [0.3, 0.4) is 0 Å². The van der Waals surface area contributed by atoms with E-state index in [2.05, 4.69) is 10.2 Å². The van der Waals surface area contributed by atoms with Gasteiger partial charge in [-0.3, -0.25) is 9.59 Å². The van der Waals surface area contributed by atoms with Crippen molar-refractivity contribution in [2.24, 2.45) is 5.92 Å². The molecular weight excluding hydrogens is 294 g/mol. The molecule has 3 rings (SSSR count). The number of Topliss-reactive ketones (excluding diaryl/α,β-unsaturated/α-hetero) is 1. The molecule has 1 aromatic heterocycles. The fraction of sp³-hybridized carbons (Fsp3) is 0.647. The minimum absolute atomic E-state index is 0.00520. The highest BCUT2D eigenvalue weighted by molar-refractivity contribution is 5.84. The molecule has 23 heavy (non-hydrogen) atoms. The van der Waals surface area contributed by atoms with Crippen molar-refractivity contribution in [3.05, 3.63) is 17.8 Å². The molecule has 6 heteroatoms. The number of carbonyl (C=O) groups is 2. The monoisotopic (exact) mass is 317 g/mol. The average molecular weight is 317 g/mol. The number of aryl methyl sites for hydroxylation is 1. The molecule has 1 aliphatic heterocycles. The Kier molecular flexibility index (Phi) is 4.88. The lowest BCUT2D eigenvalue weighted by Gasteiger charge is -2.35. The van der Waals surface area contributed by atoms with E-state index >= 15 is 0 Å². The number of aromatic nitrogens is 2. The summed E-state index contributed by atoms with van der Waals surface area (Å²) in [6, 6.07) is 3.68. The summed E-state index contributed by atoms with van der Waals surface area (Å²) in [5.41, 5.74) is 0.852. The topological polar surface area (TPSA) is 72.4 Å². The third kappa shape index (κ3) is 4.06. The standard InChI is InChI=1S/C17H23N3O3/c1-12-4-9-16(19-18-12)23-15-3-2-10-20(11-15)17(22)13-5-7-14(21)8-6-13/h4,9,13,15H,2-3,5-8,10-11H2,1H3. The van der Waals surface area contributed by atoms with Crippen LogP contribution in [0.1, 0.15) is 44.2 Å². The molecule has 1 aliphatic carbocycles. The molecule has 1 aromatic rings. The Morgan fingerprint density at radius 1 is 1.22 bits per heavy atom. The number of hydrogen-bond donors (Lipinski definition) is 0. The predicted molar refractivity (Wildman–Crippen MR) is 84.0 cm³/mol. The Hall–Kier alpha value is -1.98. The van der Waals surface area contributed by atoms with Gasteiger partial charge in [-0.2, -0.15) is 5.10 Å². The lowest BCUT2D eigenvalue weighted by molar-refractivity contribution is -0.140. The first-order chi connectivity index (χ1) is 11.1. The van der Waals surface area contributed by atoms with Crippen LogP contribution in [-0.4, -0.2) is 46.0 Å². The van der Waals surface area contributed by atoms with Crippen molar-refractivity contribution in [1.82, 2.24) is 15.1 Å². The van der Waals surface area contributed by atoms with E-state index < -0.39 is 0 Å². The highest BCUT2D eigenvalue weighted by atomic mass is 16.5. The zero-order chi connectivity index (χ0) is 16.2. The maximum Gasteiger partial charge on any atom is 0.233 e. The van der Waals surface area contributed by atoms with Gasteiger partial charge in [0.2, 0.25) is 11.8 Å².